The van der Waals surface area contributed by atoms with Gasteiger partial charge < -0.3 is 14.9 Å². The molecule has 3 N–H and O–H groups in total. The van der Waals surface area contributed by atoms with E-state index in [1.807, 2.05) is 25.1 Å². The number of hydrogen-bond acceptors (Lipinski definition) is 6. The lowest BCUT2D eigenvalue weighted by atomic mass is 10.2. The van der Waals surface area contributed by atoms with E-state index in [0.717, 1.165) is 10.0 Å². The maximum Gasteiger partial charge on any atom is 0.268 e. The van der Waals surface area contributed by atoms with E-state index in [9.17, 15) is 0 Å². The molecule has 2 aromatic rings. The molecule has 0 saturated carbocycles. The fourth-order valence-electron chi connectivity index (χ4n) is 1.51. The van der Waals surface area contributed by atoms with Crippen molar-refractivity contribution in [2.24, 2.45) is 5.84 Å². The van der Waals surface area contributed by atoms with Gasteiger partial charge in [-0.1, -0.05) is 6.07 Å². The number of anilines is 1. The number of nitrogen functional groups attached to an aromatic ring is 1. The molecule has 7 heteroatoms. The summed E-state index contributed by atoms with van der Waals surface area (Å²) in [7, 11) is 1.50. The van der Waals surface area contributed by atoms with Crippen LogP contribution in [0.1, 0.15) is 5.56 Å². The number of nitrogens with one attached hydrogen (secondary N) is 1. The average molecular weight is 325 g/mol. The maximum absolute atomic E-state index is 5.71. The van der Waals surface area contributed by atoms with Crippen molar-refractivity contribution in [2.45, 2.75) is 6.92 Å². The Morgan fingerprint density at radius 1 is 1.32 bits per heavy atom. The topological polar surface area (TPSA) is 82.3 Å². The van der Waals surface area contributed by atoms with Gasteiger partial charge in [0.15, 0.2) is 5.82 Å². The zero-order valence-electron chi connectivity index (χ0n) is 10.5. The molecule has 0 bridgehead atoms. The second-order valence-electron chi connectivity index (χ2n) is 3.74. The molecule has 100 valence electrons. The minimum atomic E-state index is 0.287. The molecule has 0 saturated heterocycles. The number of methoxy groups -OCH3 is 1. The predicted octanol–water partition coefficient (Wildman–Crippen LogP) is 2.63. The first kappa shape index (κ1) is 13.6. The Labute approximate surface area is 119 Å². The molecular formula is C12H13BrN4O2. The molecule has 19 heavy (non-hydrogen) atoms. The first-order valence-corrected chi connectivity index (χ1v) is 6.24. The molecule has 2 rings (SSSR count). The largest absolute Gasteiger partial charge is 0.489 e. The number of nitrogens with zero attached hydrogens (tertiary/aromatic N) is 2. The van der Waals surface area contributed by atoms with Gasteiger partial charge in [-0.2, -0.15) is 4.98 Å². The number of nitrogens with two attached hydrogens (primary N) is 1. The average Bonchev–Trinajstić information content (AvgIpc) is 2.41. The Hall–Kier alpha value is -1.86. The van der Waals surface area contributed by atoms with E-state index in [2.05, 4.69) is 31.3 Å². The molecule has 1 heterocycles. The van der Waals surface area contributed by atoms with E-state index < -0.39 is 0 Å². The molecule has 0 aliphatic heterocycles. The highest BCUT2D eigenvalue weighted by atomic mass is 79.9. The monoisotopic (exact) mass is 324 g/mol. The summed E-state index contributed by atoms with van der Waals surface area (Å²) >= 11 is 3.44. The van der Waals surface area contributed by atoms with Crippen LogP contribution in [0.3, 0.4) is 0 Å². The van der Waals surface area contributed by atoms with Gasteiger partial charge in [0.25, 0.3) is 5.88 Å². The van der Waals surface area contributed by atoms with E-state index in [1.165, 1.54) is 13.4 Å². The molecule has 0 atom stereocenters. The molecule has 0 aliphatic rings. The summed E-state index contributed by atoms with van der Waals surface area (Å²) in [6.45, 7) is 2.00. The van der Waals surface area contributed by atoms with Crippen LogP contribution >= 0.6 is 15.9 Å². The molecule has 0 radical (unpaired) electrons. The summed E-state index contributed by atoms with van der Waals surface area (Å²) in [6, 6.07) is 5.73. The number of hydrazine groups is 1. The van der Waals surface area contributed by atoms with Gasteiger partial charge >= 0.3 is 0 Å². The third kappa shape index (κ3) is 2.94. The van der Waals surface area contributed by atoms with Gasteiger partial charge in [0, 0.05) is 0 Å². The number of halogens is 1. The standard InChI is InChI=1S/C12H13BrN4O2/c1-7-3-4-9(8(13)5-7)19-12-10(18-2)11(17-14)15-6-16-12/h3-6H,14H2,1-2H3,(H,15,16,17). The van der Waals surface area contributed by atoms with Crippen LogP contribution in [0.25, 0.3) is 0 Å². The summed E-state index contributed by atoms with van der Waals surface area (Å²) in [5, 5.41) is 0. The van der Waals surface area contributed by atoms with Crippen molar-refractivity contribution in [1.82, 2.24) is 9.97 Å². The molecule has 0 spiro atoms. The van der Waals surface area contributed by atoms with Crippen molar-refractivity contribution in [2.75, 3.05) is 12.5 Å². The predicted molar refractivity (Wildman–Crippen MR) is 75.3 cm³/mol. The van der Waals surface area contributed by atoms with Gasteiger partial charge in [-0.05, 0) is 40.5 Å². The van der Waals surface area contributed by atoms with Crippen LogP contribution in [0.15, 0.2) is 29.0 Å². The first-order chi connectivity index (χ1) is 9.15. The van der Waals surface area contributed by atoms with E-state index in [0.29, 0.717) is 17.3 Å². The molecule has 0 fully saturated rings. The van der Waals surface area contributed by atoms with E-state index in [1.54, 1.807) is 0 Å². The molecule has 1 aromatic heterocycles. The molecule has 0 aliphatic carbocycles. The Morgan fingerprint density at radius 3 is 2.74 bits per heavy atom. The Kier molecular flexibility index (Phi) is 4.18. The van der Waals surface area contributed by atoms with Crippen molar-refractivity contribution in [3.8, 4) is 17.4 Å². The van der Waals surface area contributed by atoms with Crippen LogP contribution in [0, 0.1) is 6.92 Å². The highest BCUT2D eigenvalue weighted by Gasteiger charge is 2.14. The first-order valence-electron chi connectivity index (χ1n) is 5.45. The van der Waals surface area contributed by atoms with Crippen LogP contribution < -0.4 is 20.7 Å². The van der Waals surface area contributed by atoms with Gasteiger partial charge in [-0.3, -0.25) is 0 Å². The zero-order valence-corrected chi connectivity index (χ0v) is 12.1. The number of benzene rings is 1. The lowest BCUT2D eigenvalue weighted by Gasteiger charge is -2.12. The lowest BCUT2D eigenvalue weighted by Crippen LogP contribution is -2.11. The van der Waals surface area contributed by atoms with Crippen molar-refractivity contribution in [3.63, 3.8) is 0 Å². The second kappa shape index (κ2) is 5.85. The molecule has 1 aromatic carbocycles. The minimum Gasteiger partial charge on any atom is -0.489 e. The smallest absolute Gasteiger partial charge is 0.268 e. The van der Waals surface area contributed by atoms with Crippen molar-refractivity contribution in [1.29, 1.82) is 0 Å². The molecular weight excluding hydrogens is 312 g/mol. The Balaban J connectivity index is 2.37. The SMILES string of the molecule is COc1c(NN)ncnc1Oc1ccc(C)cc1Br. The zero-order chi connectivity index (χ0) is 13.8. The normalized spacial score (nSPS) is 10.1. The summed E-state index contributed by atoms with van der Waals surface area (Å²) in [5.74, 6) is 6.97. The summed E-state index contributed by atoms with van der Waals surface area (Å²) < 4.78 is 11.7. The van der Waals surface area contributed by atoms with Gasteiger partial charge in [-0.25, -0.2) is 10.8 Å². The number of rotatable bonds is 4. The second-order valence-corrected chi connectivity index (χ2v) is 4.60. The maximum atomic E-state index is 5.71. The summed E-state index contributed by atoms with van der Waals surface area (Å²) in [4.78, 5) is 7.99. The van der Waals surface area contributed by atoms with Gasteiger partial charge in [-0.15, -0.1) is 0 Å². The highest BCUT2D eigenvalue weighted by molar-refractivity contribution is 9.10. The van der Waals surface area contributed by atoms with E-state index >= 15 is 0 Å². The van der Waals surface area contributed by atoms with Crippen molar-refractivity contribution < 1.29 is 9.47 Å². The number of ether oxygens (including phenoxy) is 2. The van der Waals surface area contributed by atoms with Gasteiger partial charge in [0.2, 0.25) is 5.75 Å². The fourth-order valence-corrected chi connectivity index (χ4v) is 2.08. The van der Waals surface area contributed by atoms with Crippen LogP contribution in [-0.4, -0.2) is 17.1 Å². The van der Waals surface area contributed by atoms with Crippen molar-refractivity contribution in [3.05, 3.63) is 34.6 Å². The quantitative estimate of drug-likeness (QED) is 0.664. The summed E-state index contributed by atoms with van der Waals surface area (Å²) in [5.41, 5.74) is 3.55. The van der Waals surface area contributed by atoms with E-state index in [-0.39, 0.29) is 5.88 Å². The van der Waals surface area contributed by atoms with Gasteiger partial charge in [0.1, 0.15) is 12.1 Å². The lowest BCUT2D eigenvalue weighted by molar-refractivity contribution is 0.368. The van der Waals surface area contributed by atoms with E-state index in [4.69, 9.17) is 15.3 Å². The van der Waals surface area contributed by atoms with Crippen molar-refractivity contribution >= 4 is 21.7 Å². The fraction of sp³-hybridized carbons (Fsp3) is 0.167. The van der Waals surface area contributed by atoms with Crippen LogP contribution in [0.5, 0.6) is 17.4 Å². The van der Waals surface area contributed by atoms with Crippen LogP contribution in [0.2, 0.25) is 0 Å². The molecule has 0 unspecified atom stereocenters. The number of hydrogen-bond donors (Lipinski definition) is 2. The Morgan fingerprint density at radius 2 is 2.11 bits per heavy atom. The Bertz CT molecular complexity index is 592. The number of aryl methyl sites for hydroxylation is 1. The summed E-state index contributed by atoms with van der Waals surface area (Å²) in [6.07, 6.45) is 1.34. The third-order valence-corrected chi connectivity index (χ3v) is 3.03. The highest BCUT2D eigenvalue weighted by Crippen LogP contribution is 2.36. The minimum absolute atomic E-state index is 0.287. The third-order valence-electron chi connectivity index (χ3n) is 2.41. The van der Waals surface area contributed by atoms with Crippen LogP contribution in [-0.2, 0) is 0 Å². The number of aromatic nitrogens is 2. The molecule has 6 nitrogen and oxygen atoms in total. The van der Waals surface area contributed by atoms with Gasteiger partial charge in [0.05, 0.1) is 11.6 Å². The molecule has 0 amide bonds. The van der Waals surface area contributed by atoms with Crippen LogP contribution in [0.4, 0.5) is 5.82 Å².